The van der Waals surface area contributed by atoms with Crippen LogP contribution in [-0.4, -0.2) is 43.4 Å². The van der Waals surface area contributed by atoms with Crippen LogP contribution in [0.3, 0.4) is 0 Å². The molecule has 0 aromatic heterocycles. The van der Waals surface area contributed by atoms with Gasteiger partial charge in [0.1, 0.15) is 18.3 Å². The summed E-state index contributed by atoms with van der Waals surface area (Å²) >= 11 is 24.2. The van der Waals surface area contributed by atoms with E-state index < -0.39 is 24.6 Å². The third-order valence-corrected chi connectivity index (χ3v) is 5.70. The summed E-state index contributed by atoms with van der Waals surface area (Å²) in [5.74, 6) is 0. The van der Waals surface area contributed by atoms with Gasteiger partial charge in [0.25, 0.3) is 0 Å². The highest BCUT2D eigenvalue weighted by Crippen LogP contribution is 2.28. The molecule has 1 fully saturated rings. The van der Waals surface area contributed by atoms with Crippen molar-refractivity contribution >= 4 is 46.4 Å². The highest BCUT2D eigenvalue weighted by atomic mass is 35.5. The Morgan fingerprint density at radius 2 is 1.52 bits per heavy atom. The molecule has 1 N–H and O–H groups in total. The number of rotatable bonds is 8. The Balaban J connectivity index is 1.60. The molecular weight excluding hydrogens is 462 g/mol. The summed E-state index contributed by atoms with van der Waals surface area (Å²) in [5, 5.41) is 12.6. The lowest BCUT2D eigenvalue weighted by atomic mass is 10.1. The zero-order valence-electron chi connectivity index (χ0n) is 15.5. The summed E-state index contributed by atoms with van der Waals surface area (Å²) in [6.45, 7) is 0.616. The molecule has 9 heteroatoms. The van der Waals surface area contributed by atoms with E-state index in [2.05, 4.69) is 0 Å². The number of hydrogen-bond donors (Lipinski definition) is 1. The van der Waals surface area contributed by atoms with Crippen LogP contribution in [0.2, 0.25) is 20.1 Å². The molecule has 0 amide bonds. The molecule has 29 heavy (non-hydrogen) atoms. The largest absolute Gasteiger partial charge is 0.385 e. The predicted molar refractivity (Wildman–Crippen MR) is 113 cm³/mol. The van der Waals surface area contributed by atoms with Gasteiger partial charge >= 0.3 is 0 Å². The fourth-order valence-corrected chi connectivity index (χ4v) is 3.91. The van der Waals surface area contributed by atoms with Crippen LogP contribution in [0.1, 0.15) is 11.1 Å². The van der Waals surface area contributed by atoms with E-state index in [1.807, 2.05) is 0 Å². The maximum Gasteiger partial charge on any atom is 0.186 e. The van der Waals surface area contributed by atoms with Crippen molar-refractivity contribution in [3.63, 3.8) is 0 Å². The van der Waals surface area contributed by atoms with E-state index in [0.29, 0.717) is 20.1 Å². The van der Waals surface area contributed by atoms with E-state index in [1.165, 1.54) is 7.11 Å². The SMILES string of the molecule is CO[C@H]1O[C@H](COCc2ccc(Cl)cc2Cl)[C@@H](OCc2ccc(Cl)cc2Cl)C1O. The van der Waals surface area contributed by atoms with E-state index in [4.69, 9.17) is 65.4 Å². The molecule has 0 aliphatic carbocycles. The second-order valence-corrected chi connectivity index (χ2v) is 8.22. The van der Waals surface area contributed by atoms with E-state index in [1.54, 1.807) is 36.4 Å². The van der Waals surface area contributed by atoms with Crippen LogP contribution in [0.5, 0.6) is 0 Å². The van der Waals surface area contributed by atoms with Gasteiger partial charge in [-0.15, -0.1) is 0 Å². The number of halogens is 4. The van der Waals surface area contributed by atoms with Crippen molar-refractivity contribution in [1.29, 1.82) is 0 Å². The Hall–Kier alpha value is -0.600. The molecule has 4 atom stereocenters. The Labute approximate surface area is 189 Å². The Bertz CT molecular complexity index is 835. The highest BCUT2D eigenvalue weighted by Gasteiger charge is 2.45. The molecule has 0 radical (unpaired) electrons. The van der Waals surface area contributed by atoms with Crippen LogP contribution in [0.25, 0.3) is 0 Å². The van der Waals surface area contributed by atoms with Gasteiger partial charge in [0, 0.05) is 27.2 Å². The van der Waals surface area contributed by atoms with Crippen LogP contribution < -0.4 is 0 Å². The van der Waals surface area contributed by atoms with Crippen molar-refractivity contribution in [1.82, 2.24) is 0 Å². The summed E-state index contributed by atoms with van der Waals surface area (Å²) in [6, 6.07) is 10.3. The van der Waals surface area contributed by atoms with Crippen LogP contribution >= 0.6 is 46.4 Å². The minimum Gasteiger partial charge on any atom is -0.385 e. The summed E-state index contributed by atoms with van der Waals surface area (Å²) in [4.78, 5) is 0. The minimum atomic E-state index is -0.973. The maximum absolute atomic E-state index is 10.5. The molecule has 2 aromatic rings. The first-order chi connectivity index (χ1) is 13.9. The van der Waals surface area contributed by atoms with Crippen molar-refractivity contribution in [2.75, 3.05) is 13.7 Å². The molecule has 158 valence electrons. The van der Waals surface area contributed by atoms with Crippen LogP contribution in [0.4, 0.5) is 0 Å². The maximum atomic E-state index is 10.5. The van der Waals surface area contributed by atoms with E-state index in [9.17, 15) is 5.11 Å². The second kappa shape index (κ2) is 10.6. The smallest absolute Gasteiger partial charge is 0.186 e. The van der Waals surface area contributed by atoms with Gasteiger partial charge in [0.2, 0.25) is 0 Å². The number of aliphatic hydroxyl groups excluding tert-OH is 1. The minimum absolute atomic E-state index is 0.175. The summed E-state index contributed by atoms with van der Waals surface area (Å²) in [6.07, 6.45) is -2.98. The van der Waals surface area contributed by atoms with Gasteiger partial charge in [0.15, 0.2) is 6.29 Å². The monoisotopic (exact) mass is 480 g/mol. The van der Waals surface area contributed by atoms with E-state index in [-0.39, 0.29) is 19.8 Å². The molecule has 1 aliphatic heterocycles. The van der Waals surface area contributed by atoms with Gasteiger partial charge in [-0.3, -0.25) is 0 Å². The van der Waals surface area contributed by atoms with Gasteiger partial charge in [-0.25, -0.2) is 0 Å². The first-order valence-corrected chi connectivity index (χ1v) is 10.3. The third kappa shape index (κ3) is 5.97. The number of methoxy groups -OCH3 is 1. The van der Waals surface area contributed by atoms with Crippen molar-refractivity contribution in [3.8, 4) is 0 Å². The lowest BCUT2D eigenvalue weighted by molar-refractivity contribution is -0.156. The third-order valence-electron chi connectivity index (χ3n) is 4.52. The molecule has 1 saturated heterocycles. The lowest BCUT2D eigenvalue weighted by Gasteiger charge is -2.21. The molecule has 1 heterocycles. The molecular formula is C20H20Cl4O5. The van der Waals surface area contributed by atoms with Crippen molar-refractivity contribution in [2.45, 2.75) is 37.8 Å². The molecule has 0 spiro atoms. The number of hydrogen-bond acceptors (Lipinski definition) is 5. The Morgan fingerprint density at radius 1 is 0.931 bits per heavy atom. The van der Waals surface area contributed by atoms with Crippen LogP contribution in [0, 0.1) is 0 Å². The molecule has 0 saturated carbocycles. The quantitative estimate of drug-likeness (QED) is 0.566. The van der Waals surface area contributed by atoms with Gasteiger partial charge in [-0.1, -0.05) is 58.5 Å². The Kier molecular flexibility index (Phi) is 8.45. The van der Waals surface area contributed by atoms with Crippen LogP contribution in [0.15, 0.2) is 36.4 Å². The number of ether oxygens (including phenoxy) is 4. The van der Waals surface area contributed by atoms with Crippen molar-refractivity contribution < 1.29 is 24.1 Å². The fourth-order valence-electron chi connectivity index (χ4n) is 2.99. The molecule has 2 aromatic carbocycles. The predicted octanol–water partition coefficient (Wildman–Crippen LogP) is 5.13. The standard InChI is InChI=1S/C20H20Cl4O5/c1-26-20-18(25)19(28-9-12-3-5-14(22)7-16(12)24)17(29-20)10-27-8-11-2-4-13(21)6-15(11)23/h2-7,17-20,25H,8-10H2,1H3/t17-,18?,19-,20+/m1/s1. The van der Waals surface area contributed by atoms with Gasteiger partial charge < -0.3 is 24.1 Å². The zero-order chi connectivity index (χ0) is 21.0. The highest BCUT2D eigenvalue weighted by molar-refractivity contribution is 6.35. The number of benzene rings is 2. The first-order valence-electron chi connectivity index (χ1n) is 8.82. The fraction of sp³-hybridized carbons (Fsp3) is 0.400. The average Bonchev–Trinajstić information content (AvgIpc) is 2.98. The summed E-state index contributed by atoms with van der Waals surface area (Å²) < 4.78 is 22.6. The summed E-state index contributed by atoms with van der Waals surface area (Å²) in [5.41, 5.74) is 1.54. The normalized spacial score (nSPS) is 24.2. The topological polar surface area (TPSA) is 57.2 Å². The second-order valence-electron chi connectivity index (χ2n) is 6.53. The molecule has 3 rings (SSSR count). The Morgan fingerprint density at radius 3 is 2.07 bits per heavy atom. The van der Waals surface area contributed by atoms with Crippen molar-refractivity contribution in [3.05, 3.63) is 67.6 Å². The first kappa shape index (κ1) is 23.1. The van der Waals surface area contributed by atoms with Crippen molar-refractivity contribution in [2.24, 2.45) is 0 Å². The van der Waals surface area contributed by atoms with Crippen LogP contribution in [-0.2, 0) is 32.2 Å². The van der Waals surface area contributed by atoms with Gasteiger partial charge in [0.05, 0.1) is 19.8 Å². The van der Waals surface area contributed by atoms with Gasteiger partial charge in [-0.05, 0) is 35.4 Å². The molecule has 1 unspecified atom stereocenters. The molecule has 0 bridgehead atoms. The van der Waals surface area contributed by atoms with E-state index >= 15 is 0 Å². The molecule has 5 nitrogen and oxygen atoms in total. The molecule has 1 aliphatic rings. The average molecular weight is 482 g/mol. The number of aliphatic hydroxyl groups is 1. The van der Waals surface area contributed by atoms with Gasteiger partial charge in [-0.2, -0.15) is 0 Å². The summed E-state index contributed by atoms with van der Waals surface area (Å²) in [7, 11) is 1.46. The zero-order valence-corrected chi connectivity index (χ0v) is 18.5. The lowest BCUT2D eigenvalue weighted by Crippen LogP contribution is -2.37. The van der Waals surface area contributed by atoms with E-state index in [0.717, 1.165) is 11.1 Å².